The molecule has 3 aromatic carbocycles. The number of piperazine rings is 1. The number of fused-ring (bicyclic) bond motifs is 1. The summed E-state index contributed by atoms with van der Waals surface area (Å²) in [5.74, 6) is -4.93. The lowest BCUT2D eigenvalue weighted by molar-refractivity contribution is -0.138. The largest absolute Gasteiger partial charge is 0.389 e. The van der Waals surface area contributed by atoms with E-state index in [2.05, 4.69) is 30.2 Å². The van der Waals surface area contributed by atoms with Crippen molar-refractivity contribution in [2.45, 2.75) is 50.7 Å². The molecule has 3 aliphatic heterocycles. The first-order valence-electron chi connectivity index (χ1n) is 21.3. The van der Waals surface area contributed by atoms with Crippen LogP contribution in [0.25, 0.3) is 22.2 Å². The molecular weight excluding hydrogens is 868 g/mol. The number of aromatic amines is 1. The van der Waals surface area contributed by atoms with Gasteiger partial charge in [0.15, 0.2) is 5.82 Å². The van der Waals surface area contributed by atoms with Crippen LogP contribution in [0.3, 0.4) is 0 Å². The fraction of sp³-hybridized carbons (Fsp3) is 0.356. The molecule has 3 fully saturated rings. The number of ketones is 1. The second-order valence-corrected chi connectivity index (χ2v) is 18.4. The molecule has 8 rings (SSSR count). The third-order valence-corrected chi connectivity index (χ3v) is 14.0. The minimum atomic E-state index is -4.16. The molecule has 0 aliphatic carbocycles. The number of hydrogen-bond acceptors (Lipinski definition) is 11. The van der Waals surface area contributed by atoms with Gasteiger partial charge < -0.3 is 30.1 Å². The number of aromatic nitrogens is 2. The van der Waals surface area contributed by atoms with Crippen molar-refractivity contribution in [2.75, 3.05) is 72.7 Å². The summed E-state index contributed by atoms with van der Waals surface area (Å²) in [5.41, 5.74) is 0.603. The minimum absolute atomic E-state index is 0.0473. The number of hydrogen-bond donors (Lipinski definition) is 5. The van der Waals surface area contributed by atoms with Gasteiger partial charge in [-0.15, -0.1) is 0 Å². The molecule has 0 spiro atoms. The van der Waals surface area contributed by atoms with E-state index < -0.39 is 62.2 Å². The Morgan fingerprint density at radius 3 is 2.32 bits per heavy atom. The van der Waals surface area contributed by atoms with E-state index in [0.717, 1.165) is 27.7 Å². The third-order valence-electron chi connectivity index (χ3n) is 12.4. The average Bonchev–Trinajstić information content (AvgIpc) is 3.72. The number of carbonyl (C=O) groups excluding carboxylic acids is 4. The van der Waals surface area contributed by atoms with Gasteiger partial charge in [0.25, 0.3) is 0 Å². The van der Waals surface area contributed by atoms with Gasteiger partial charge in [0.1, 0.15) is 23.3 Å². The summed E-state index contributed by atoms with van der Waals surface area (Å²) in [7, 11) is -2.87. The van der Waals surface area contributed by atoms with Crippen molar-refractivity contribution in [1.82, 2.24) is 24.5 Å². The summed E-state index contributed by atoms with van der Waals surface area (Å²) in [6.07, 6.45) is 3.93. The number of benzene rings is 3. The lowest BCUT2D eigenvalue weighted by Crippen LogP contribution is -2.52. The molecule has 0 bridgehead atoms. The maximum atomic E-state index is 15.6. The Labute approximate surface area is 373 Å². The van der Waals surface area contributed by atoms with Gasteiger partial charge in [-0.25, -0.2) is 18.2 Å². The van der Waals surface area contributed by atoms with E-state index in [1.165, 1.54) is 19.3 Å². The van der Waals surface area contributed by atoms with Crippen LogP contribution in [0.15, 0.2) is 73.1 Å². The number of nitrogens with zero attached hydrogens (tertiary/aromatic N) is 5. The van der Waals surface area contributed by atoms with Crippen molar-refractivity contribution in [3.05, 3.63) is 102 Å². The van der Waals surface area contributed by atoms with Crippen LogP contribution in [0.5, 0.6) is 0 Å². The zero-order valence-electron chi connectivity index (χ0n) is 35.7. The standard InChI is InChI=1S/C45H48F3N9O7S/c1-3-54(2)65(63,64)53-35-10-9-33(46)40(41(35)48)42(60)32-26-50-43-31(32)22-28(25-49-43)27-4-7-30(8-5-27)55-18-20-57(21-19-55)39(59)24-45(62)14-16-56(17-15-45)37-12-6-29(23-34(37)47)51-36-11-13-38(58)52-44(36)61/h4-10,12,22-23,25-26,36,51,53,62H,3,11,13-21,24H2,1-2H3,(H,49,50)(H,52,58,61)/t36-/m0/s1. The summed E-state index contributed by atoms with van der Waals surface area (Å²) in [6.45, 7) is 4.37. The lowest BCUT2D eigenvalue weighted by atomic mass is 9.87. The molecule has 0 saturated carbocycles. The van der Waals surface area contributed by atoms with Crippen molar-refractivity contribution < 1.29 is 45.9 Å². The molecular formula is C45H48F3N9O7S. The molecule has 2 aromatic heterocycles. The number of amides is 3. The van der Waals surface area contributed by atoms with Gasteiger partial charge >= 0.3 is 10.2 Å². The van der Waals surface area contributed by atoms with Crippen LogP contribution in [-0.2, 0) is 24.6 Å². The molecule has 3 amide bonds. The maximum absolute atomic E-state index is 15.6. The highest BCUT2D eigenvalue weighted by atomic mass is 32.2. The highest BCUT2D eigenvalue weighted by molar-refractivity contribution is 7.90. The first kappa shape index (κ1) is 45.1. The third kappa shape index (κ3) is 9.50. The Balaban J connectivity index is 0.851. The van der Waals surface area contributed by atoms with Crippen molar-refractivity contribution in [3.8, 4) is 11.1 Å². The number of pyridine rings is 1. The van der Waals surface area contributed by atoms with Crippen LogP contribution in [-0.4, -0.2) is 121 Å². The highest BCUT2D eigenvalue weighted by Gasteiger charge is 2.37. The van der Waals surface area contributed by atoms with E-state index in [1.807, 2.05) is 29.2 Å². The van der Waals surface area contributed by atoms with Crippen molar-refractivity contribution >= 4 is 67.5 Å². The fourth-order valence-electron chi connectivity index (χ4n) is 8.41. The number of halogens is 3. The van der Waals surface area contributed by atoms with Gasteiger partial charge in [-0.2, -0.15) is 12.7 Å². The van der Waals surface area contributed by atoms with E-state index in [0.29, 0.717) is 73.7 Å². The zero-order chi connectivity index (χ0) is 46.2. The molecule has 3 aliphatic rings. The molecule has 5 N–H and O–H groups in total. The Morgan fingerprint density at radius 1 is 0.923 bits per heavy atom. The second kappa shape index (κ2) is 18.2. The van der Waals surface area contributed by atoms with Crippen LogP contribution in [0.4, 0.5) is 35.9 Å². The second-order valence-electron chi connectivity index (χ2n) is 16.6. The first-order valence-corrected chi connectivity index (χ1v) is 22.7. The summed E-state index contributed by atoms with van der Waals surface area (Å²) in [6, 6.07) is 15.0. The number of aliphatic hydroxyl groups is 1. The SMILES string of the molecule is CCN(C)S(=O)(=O)Nc1ccc(F)c(C(=O)c2c[nH]c3ncc(-c4ccc(N5CCN(C(=O)CC6(O)CCN(c7ccc(N[C@H]8CCC(=O)NC8=O)cc7F)CC6)CC5)cc4)cc23)c1F. The number of anilines is 4. The van der Waals surface area contributed by atoms with Gasteiger partial charge in [-0.05, 0) is 73.4 Å². The summed E-state index contributed by atoms with van der Waals surface area (Å²) in [4.78, 5) is 63.7. The van der Waals surface area contributed by atoms with Crippen molar-refractivity contribution in [3.63, 3.8) is 0 Å². The molecule has 16 nitrogen and oxygen atoms in total. The molecule has 1 atom stereocenters. The monoisotopic (exact) mass is 915 g/mol. The molecule has 0 radical (unpaired) electrons. The van der Waals surface area contributed by atoms with E-state index in [1.54, 1.807) is 36.2 Å². The number of imide groups is 1. The smallest absolute Gasteiger partial charge is 0.301 e. The van der Waals surface area contributed by atoms with Gasteiger partial charge in [0, 0.05) is 99.6 Å². The van der Waals surface area contributed by atoms with Gasteiger partial charge in [0.05, 0.1) is 29.0 Å². The molecule has 65 heavy (non-hydrogen) atoms. The van der Waals surface area contributed by atoms with Crippen molar-refractivity contribution in [2.24, 2.45) is 0 Å². The Kier molecular flexibility index (Phi) is 12.6. The van der Waals surface area contributed by atoms with Crippen molar-refractivity contribution in [1.29, 1.82) is 0 Å². The van der Waals surface area contributed by atoms with E-state index in [9.17, 15) is 32.7 Å². The molecule has 5 aromatic rings. The van der Waals surface area contributed by atoms with Gasteiger partial charge in [-0.1, -0.05) is 19.1 Å². The molecule has 342 valence electrons. The van der Waals surface area contributed by atoms with Crippen LogP contribution in [0.1, 0.15) is 54.9 Å². The molecule has 5 heterocycles. The quantitative estimate of drug-likeness (QED) is 0.0805. The van der Waals surface area contributed by atoms with Gasteiger partial charge in [0.2, 0.25) is 23.5 Å². The Hall–Kier alpha value is -6.51. The average molecular weight is 916 g/mol. The number of rotatable bonds is 13. The predicted octanol–water partition coefficient (Wildman–Crippen LogP) is 4.77. The summed E-state index contributed by atoms with van der Waals surface area (Å²) < 4.78 is 74.0. The number of nitrogens with one attached hydrogen (secondary N) is 4. The molecule has 20 heteroatoms. The fourth-order valence-corrected chi connectivity index (χ4v) is 9.34. The number of piperidine rings is 2. The topological polar surface area (TPSA) is 200 Å². The van der Waals surface area contributed by atoms with Crippen LogP contribution in [0, 0.1) is 17.5 Å². The first-order chi connectivity index (χ1) is 31.0. The van der Waals surface area contributed by atoms with E-state index in [4.69, 9.17) is 0 Å². The maximum Gasteiger partial charge on any atom is 0.301 e. The molecule has 0 unspecified atom stereocenters. The van der Waals surface area contributed by atoms with Crippen LogP contribution < -0.4 is 25.2 Å². The highest BCUT2D eigenvalue weighted by Crippen LogP contribution is 2.34. The van der Waals surface area contributed by atoms with Crippen LogP contribution in [0.2, 0.25) is 0 Å². The minimum Gasteiger partial charge on any atom is -0.389 e. The predicted molar refractivity (Wildman–Crippen MR) is 238 cm³/mol. The van der Waals surface area contributed by atoms with Gasteiger partial charge in [-0.3, -0.25) is 29.2 Å². The molecule has 3 saturated heterocycles. The number of carbonyl (C=O) groups is 4. The van der Waals surface area contributed by atoms with Crippen LogP contribution >= 0.6 is 0 Å². The number of H-pyrrole nitrogens is 1. The Bertz CT molecular complexity index is 2770. The lowest BCUT2D eigenvalue weighted by Gasteiger charge is -2.41. The summed E-state index contributed by atoms with van der Waals surface area (Å²) >= 11 is 0. The van der Waals surface area contributed by atoms with E-state index in [-0.39, 0.29) is 49.6 Å². The summed E-state index contributed by atoms with van der Waals surface area (Å²) in [5, 5.41) is 17.0. The van der Waals surface area contributed by atoms with E-state index >= 15 is 13.2 Å². The zero-order valence-corrected chi connectivity index (χ0v) is 36.5. The Morgan fingerprint density at radius 2 is 1.65 bits per heavy atom. The normalized spacial score (nSPS) is 18.0.